The smallest absolute Gasteiger partial charge is 0.333 e. The molecular weight excluding hydrogens is 320 g/mol. The van der Waals surface area contributed by atoms with Gasteiger partial charge >= 0.3 is 5.97 Å². The highest BCUT2D eigenvalue weighted by Gasteiger charge is 2.75. The quantitative estimate of drug-likeness (QED) is 0.589. The highest BCUT2D eigenvalue weighted by Crippen LogP contribution is 2.71. The van der Waals surface area contributed by atoms with Crippen LogP contribution in [0.1, 0.15) is 41.5 Å². The second-order valence-electron chi connectivity index (χ2n) is 8.69. The molecule has 3 fully saturated rings. The first-order chi connectivity index (χ1) is 11.5. The molecule has 0 spiro atoms. The fourth-order valence-corrected chi connectivity index (χ4v) is 5.64. The van der Waals surface area contributed by atoms with Crippen molar-refractivity contribution in [3.8, 4) is 0 Å². The normalized spacial score (nSPS) is 45.2. The number of rotatable bonds is 2. The number of hydrogen-bond acceptors (Lipinski definition) is 5. The number of allylic oxidation sites excluding steroid dienone is 3. The van der Waals surface area contributed by atoms with Crippen LogP contribution in [0, 0.1) is 28.6 Å². The Hall–Kier alpha value is -1.46. The van der Waals surface area contributed by atoms with E-state index in [4.69, 9.17) is 4.74 Å². The van der Waals surface area contributed by atoms with Crippen LogP contribution in [0.15, 0.2) is 23.3 Å². The Kier molecular flexibility index (Phi) is 4.05. The Labute approximate surface area is 148 Å². The molecule has 0 aliphatic heterocycles. The van der Waals surface area contributed by atoms with Crippen LogP contribution in [0.3, 0.4) is 0 Å². The first-order valence-electron chi connectivity index (χ1n) is 8.91. The van der Waals surface area contributed by atoms with E-state index >= 15 is 0 Å². The monoisotopic (exact) mass is 348 g/mol. The van der Waals surface area contributed by atoms with Gasteiger partial charge in [0.15, 0.2) is 5.78 Å². The molecule has 5 heteroatoms. The predicted molar refractivity (Wildman–Crippen MR) is 92.4 cm³/mol. The number of ketones is 1. The molecule has 0 aromatic heterocycles. The lowest BCUT2D eigenvalue weighted by Gasteiger charge is -2.65. The van der Waals surface area contributed by atoms with Crippen molar-refractivity contribution in [1.29, 1.82) is 0 Å². The van der Waals surface area contributed by atoms with E-state index in [1.165, 1.54) is 0 Å². The van der Waals surface area contributed by atoms with Crippen molar-refractivity contribution < 1.29 is 24.5 Å². The standard InChI is InChI=1S/C20H28O5/c1-7-9(2)18(24)25-17-15(22)16(23)20(6)12-10(3)8-11(21)13(20)14(12)19(17,4)5/h7-8,12-17,22-23H,1-6H3/b9-7-/t12?,13?,14?,15-,16+,17+,20+/m0/s1. The lowest BCUT2D eigenvalue weighted by Crippen LogP contribution is -2.67. The Morgan fingerprint density at radius 1 is 1.24 bits per heavy atom. The van der Waals surface area contributed by atoms with Crippen molar-refractivity contribution in [2.75, 3.05) is 0 Å². The summed E-state index contributed by atoms with van der Waals surface area (Å²) in [7, 11) is 0. The van der Waals surface area contributed by atoms with Crippen LogP contribution in [0.25, 0.3) is 0 Å². The van der Waals surface area contributed by atoms with E-state index in [-0.39, 0.29) is 23.5 Å². The van der Waals surface area contributed by atoms with Gasteiger partial charge in [-0.1, -0.05) is 32.4 Å². The number of esters is 1. The van der Waals surface area contributed by atoms with E-state index in [9.17, 15) is 19.8 Å². The third-order valence-electron chi connectivity index (χ3n) is 7.08. The van der Waals surface area contributed by atoms with Crippen molar-refractivity contribution >= 4 is 11.8 Å². The largest absolute Gasteiger partial charge is 0.456 e. The van der Waals surface area contributed by atoms with Crippen molar-refractivity contribution in [3.63, 3.8) is 0 Å². The number of aliphatic hydroxyl groups is 2. The van der Waals surface area contributed by atoms with Crippen LogP contribution in [0.4, 0.5) is 0 Å². The maximum absolute atomic E-state index is 12.7. The van der Waals surface area contributed by atoms with E-state index in [0.717, 1.165) is 5.57 Å². The number of carbonyl (C=O) groups excluding carboxylic acids is 2. The number of aliphatic hydroxyl groups excluding tert-OH is 2. The zero-order valence-electron chi connectivity index (χ0n) is 15.7. The molecule has 4 aliphatic rings. The first-order valence-corrected chi connectivity index (χ1v) is 8.91. The summed E-state index contributed by atoms with van der Waals surface area (Å²) < 4.78 is 5.65. The highest BCUT2D eigenvalue weighted by atomic mass is 16.6. The average Bonchev–Trinajstić information content (AvgIpc) is 2.60. The molecule has 0 saturated heterocycles. The summed E-state index contributed by atoms with van der Waals surface area (Å²) in [6, 6.07) is 0. The minimum atomic E-state index is -1.23. The van der Waals surface area contributed by atoms with E-state index in [2.05, 4.69) is 0 Å². The summed E-state index contributed by atoms with van der Waals surface area (Å²) >= 11 is 0. The third-order valence-corrected chi connectivity index (χ3v) is 7.08. The predicted octanol–water partition coefficient (Wildman–Crippen LogP) is 2.02. The highest BCUT2D eigenvalue weighted by molar-refractivity contribution is 5.96. The maximum atomic E-state index is 12.7. The topological polar surface area (TPSA) is 83.8 Å². The Morgan fingerprint density at radius 2 is 1.84 bits per heavy atom. The molecule has 3 saturated carbocycles. The van der Waals surface area contributed by atoms with Gasteiger partial charge in [-0.05, 0) is 38.7 Å². The molecule has 2 N–H and O–H groups in total. The summed E-state index contributed by atoms with van der Waals surface area (Å²) in [5, 5.41) is 21.8. The number of fused-ring (bicyclic) bond motifs is 3. The van der Waals surface area contributed by atoms with Gasteiger partial charge in [-0.15, -0.1) is 0 Å². The van der Waals surface area contributed by atoms with Gasteiger partial charge in [-0.3, -0.25) is 4.79 Å². The number of hydrogen-bond donors (Lipinski definition) is 2. The Balaban J connectivity index is 2.07. The molecule has 4 rings (SSSR count). The van der Waals surface area contributed by atoms with Gasteiger partial charge in [0.25, 0.3) is 0 Å². The van der Waals surface area contributed by atoms with E-state index in [1.807, 2.05) is 27.7 Å². The Morgan fingerprint density at radius 3 is 2.36 bits per heavy atom. The molecule has 0 aromatic carbocycles. The van der Waals surface area contributed by atoms with Crippen molar-refractivity contribution in [1.82, 2.24) is 0 Å². The summed E-state index contributed by atoms with van der Waals surface area (Å²) in [5.74, 6) is -0.914. The fraction of sp³-hybridized carbons (Fsp3) is 0.700. The van der Waals surface area contributed by atoms with Crippen LogP contribution >= 0.6 is 0 Å². The summed E-state index contributed by atoms with van der Waals surface area (Å²) in [6.07, 6.45) is 0.0879. The Bertz CT molecular complexity index is 688. The van der Waals surface area contributed by atoms with Crippen LogP contribution in [0.2, 0.25) is 0 Å². The van der Waals surface area contributed by atoms with Crippen LogP contribution < -0.4 is 0 Å². The number of ether oxygens (including phenoxy) is 1. The summed E-state index contributed by atoms with van der Waals surface area (Å²) in [4.78, 5) is 25.0. The molecule has 5 nitrogen and oxygen atoms in total. The molecule has 0 aromatic rings. The van der Waals surface area contributed by atoms with Gasteiger partial charge < -0.3 is 14.9 Å². The number of carbonyl (C=O) groups is 2. The molecule has 4 aliphatic carbocycles. The second kappa shape index (κ2) is 5.52. The van der Waals surface area contributed by atoms with E-state index in [1.54, 1.807) is 26.0 Å². The van der Waals surface area contributed by atoms with Gasteiger partial charge in [0, 0.05) is 22.3 Å². The zero-order chi connectivity index (χ0) is 18.9. The van der Waals surface area contributed by atoms with Crippen molar-refractivity contribution in [3.05, 3.63) is 23.3 Å². The van der Waals surface area contributed by atoms with Gasteiger partial charge in [-0.2, -0.15) is 0 Å². The molecule has 0 heterocycles. The lowest BCUT2D eigenvalue weighted by atomic mass is 9.37. The van der Waals surface area contributed by atoms with Crippen molar-refractivity contribution in [2.45, 2.75) is 59.9 Å². The van der Waals surface area contributed by atoms with E-state index < -0.39 is 35.1 Å². The van der Waals surface area contributed by atoms with Crippen LogP contribution in [-0.2, 0) is 14.3 Å². The zero-order valence-corrected chi connectivity index (χ0v) is 15.7. The van der Waals surface area contributed by atoms with Crippen LogP contribution in [0.5, 0.6) is 0 Å². The molecule has 4 bridgehead atoms. The van der Waals surface area contributed by atoms with Crippen molar-refractivity contribution in [2.24, 2.45) is 28.6 Å². The molecular formula is C20H28O5. The third kappa shape index (κ3) is 2.15. The molecule has 0 radical (unpaired) electrons. The van der Waals surface area contributed by atoms with Gasteiger partial charge in [-0.25, -0.2) is 4.79 Å². The SMILES string of the molecule is C/C=C(/C)C(=O)O[C@@H]1[C@@H](O)[C@@H](O)[C@@]2(C)C3C(=O)C=C(C)C2C3C1(C)C. The molecule has 25 heavy (non-hydrogen) atoms. The van der Waals surface area contributed by atoms with Crippen LogP contribution in [-0.4, -0.2) is 40.3 Å². The summed E-state index contributed by atoms with van der Waals surface area (Å²) in [6.45, 7) is 11.0. The van der Waals surface area contributed by atoms with Gasteiger partial charge in [0.1, 0.15) is 12.2 Å². The average molecular weight is 348 g/mol. The van der Waals surface area contributed by atoms with E-state index in [0.29, 0.717) is 5.57 Å². The lowest BCUT2D eigenvalue weighted by molar-refractivity contribution is -0.195. The van der Waals surface area contributed by atoms with Gasteiger partial charge in [0.05, 0.1) is 6.10 Å². The second-order valence-corrected chi connectivity index (χ2v) is 8.69. The first kappa shape index (κ1) is 18.3. The minimum Gasteiger partial charge on any atom is -0.456 e. The van der Waals surface area contributed by atoms with Gasteiger partial charge in [0.2, 0.25) is 0 Å². The minimum absolute atomic E-state index is 0.00127. The summed E-state index contributed by atoms with van der Waals surface area (Å²) in [5.41, 5.74) is 0.0397. The fourth-order valence-electron chi connectivity index (χ4n) is 5.64. The molecule has 0 amide bonds. The maximum Gasteiger partial charge on any atom is 0.333 e. The molecule has 7 atom stereocenters. The molecule has 3 unspecified atom stereocenters. The molecule has 138 valence electrons.